The Labute approximate surface area is 290 Å². The number of hydrogen-bond acceptors (Lipinski definition) is 7. The third-order valence-corrected chi connectivity index (χ3v) is 10.5. The highest BCUT2D eigenvalue weighted by Gasteiger charge is 2.42. The van der Waals surface area contributed by atoms with Gasteiger partial charge in [-0.2, -0.15) is 0 Å². The van der Waals surface area contributed by atoms with E-state index >= 15 is 0 Å². The van der Waals surface area contributed by atoms with Crippen molar-refractivity contribution >= 4 is 47.3 Å². The Kier molecular flexibility index (Phi) is 12.0. The normalized spacial score (nSPS) is 20.4. The summed E-state index contributed by atoms with van der Waals surface area (Å²) >= 11 is 1.32. The van der Waals surface area contributed by atoms with Crippen molar-refractivity contribution in [2.45, 2.75) is 85.0 Å². The van der Waals surface area contributed by atoms with Crippen LogP contribution < -0.4 is 4.90 Å². The first-order valence-corrected chi connectivity index (χ1v) is 17.4. The Bertz CT molecular complexity index is 1510. The van der Waals surface area contributed by atoms with Gasteiger partial charge < -0.3 is 19.3 Å². The minimum Gasteiger partial charge on any atom is -0.418 e. The molecule has 7 nitrogen and oxygen atoms in total. The van der Waals surface area contributed by atoms with Crippen molar-refractivity contribution in [3.63, 3.8) is 0 Å². The Hall–Kier alpha value is -3.20. The van der Waals surface area contributed by atoms with Crippen molar-refractivity contribution in [2.24, 2.45) is 17.3 Å². The molecule has 0 N–H and O–H groups in total. The summed E-state index contributed by atoms with van der Waals surface area (Å²) in [6.07, 6.45) is 5.41. The van der Waals surface area contributed by atoms with Crippen molar-refractivity contribution in [2.75, 3.05) is 25.0 Å². The number of thiophene rings is 1. The molecule has 1 aliphatic heterocycles. The molecule has 2 heterocycles. The maximum atomic E-state index is 14.6. The SMILES string of the molecule is CC1CCC(C(=O)N(c2cc(-c3ccccc3)sc2C(=O)OC(C)(OC(=O)C(C)(C)C)c2ccccc2)C2CCN(C)CC2)CC1.Cl. The maximum absolute atomic E-state index is 14.6. The third-order valence-electron chi connectivity index (χ3n) is 9.36. The molecule has 1 atom stereocenters. The van der Waals surface area contributed by atoms with Crippen LogP contribution in [0.1, 0.15) is 88.4 Å². The lowest BCUT2D eigenvalue weighted by Crippen LogP contribution is -2.49. The fourth-order valence-corrected chi connectivity index (χ4v) is 7.37. The summed E-state index contributed by atoms with van der Waals surface area (Å²) in [7, 11) is 2.11. The lowest BCUT2D eigenvalue weighted by Gasteiger charge is -2.40. The van der Waals surface area contributed by atoms with E-state index in [0.717, 1.165) is 62.1 Å². The monoisotopic (exact) mass is 680 g/mol. The number of amides is 1. The summed E-state index contributed by atoms with van der Waals surface area (Å²) in [6.45, 7) is 10.9. The number of nitrogens with zero attached hydrogens (tertiary/aromatic N) is 2. The van der Waals surface area contributed by atoms with Crippen LogP contribution in [0.25, 0.3) is 10.4 Å². The molecule has 1 saturated heterocycles. The Morgan fingerprint density at radius 3 is 1.98 bits per heavy atom. The summed E-state index contributed by atoms with van der Waals surface area (Å²) in [4.78, 5) is 47.7. The minimum atomic E-state index is -1.68. The van der Waals surface area contributed by atoms with Crippen molar-refractivity contribution in [3.05, 3.63) is 77.2 Å². The molecule has 2 aliphatic rings. The van der Waals surface area contributed by atoms with Crippen molar-refractivity contribution < 1.29 is 23.9 Å². The van der Waals surface area contributed by atoms with Gasteiger partial charge in [0.15, 0.2) is 0 Å². The first-order chi connectivity index (χ1) is 21.9. The van der Waals surface area contributed by atoms with E-state index < -0.39 is 23.1 Å². The molecule has 254 valence electrons. The van der Waals surface area contributed by atoms with Crippen molar-refractivity contribution in [1.82, 2.24) is 4.90 Å². The van der Waals surface area contributed by atoms with Crippen LogP contribution in [0.15, 0.2) is 66.7 Å². The van der Waals surface area contributed by atoms with Gasteiger partial charge in [0.1, 0.15) is 4.88 Å². The summed E-state index contributed by atoms with van der Waals surface area (Å²) in [6, 6.07) is 20.9. The number of carbonyl (C=O) groups excluding carboxylic acids is 3. The van der Waals surface area contributed by atoms with Crippen LogP contribution in [-0.4, -0.2) is 48.9 Å². The van der Waals surface area contributed by atoms with Gasteiger partial charge in [-0.1, -0.05) is 67.6 Å². The van der Waals surface area contributed by atoms with Crippen LogP contribution in [0, 0.1) is 17.3 Å². The van der Waals surface area contributed by atoms with E-state index in [1.807, 2.05) is 59.5 Å². The molecule has 47 heavy (non-hydrogen) atoms. The van der Waals surface area contributed by atoms with Crippen LogP contribution in [0.5, 0.6) is 0 Å². The predicted octanol–water partition coefficient (Wildman–Crippen LogP) is 8.71. The number of halogens is 1. The van der Waals surface area contributed by atoms with Gasteiger partial charge in [0.2, 0.25) is 5.91 Å². The van der Waals surface area contributed by atoms with Crippen LogP contribution in [0.2, 0.25) is 0 Å². The van der Waals surface area contributed by atoms with Crippen molar-refractivity contribution in [3.8, 4) is 10.4 Å². The molecule has 2 fully saturated rings. The summed E-state index contributed by atoms with van der Waals surface area (Å²) in [5.41, 5.74) is 1.28. The number of rotatable bonds is 8. The number of esters is 2. The van der Waals surface area contributed by atoms with E-state index in [4.69, 9.17) is 9.47 Å². The number of likely N-dealkylation sites (tertiary alicyclic amines) is 1. The summed E-state index contributed by atoms with van der Waals surface area (Å²) < 4.78 is 12.2. The topological polar surface area (TPSA) is 76.1 Å². The molecule has 1 saturated carbocycles. The minimum absolute atomic E-state index is 0. The van der Waals surface area contributed by atoms with Crippen LogP contribution in [0.4, 0.5) is 5.69 Å². The van der Waals surface area contributed by atoms with Crippen LogP contribution >= 0.6 is 23.7 Å². The second-order valence-electron chi connectivity index (χ2n) is 14.2. The zero-order valence-electron chi connectivity index (χ0n) is 28.5. The highest BCUT2D eigenvalue weighted by molar-refractivity contribution is 7.18. The quantitative estimate of drug-likeness (QED) is 0.175. The second kappa shape index (κ2) is 15.3. The largest absolute Gasteiger partial charge is 0.418 e. The molecular weight excluding hydrogens is 632 g/mol. The van der Waals surface area contributed by atoms with E-state index in [1.165, 1.54) is 11.3 Å². The zero-order chi connectivity index (χ0) is 33.1. The number of benzene rings is 2. The zero-order valence-corrected chi connectivity index (χ0v) is 30.1. The maximum Gasteiger partial charge on any atom is 0.354 e. The van der Waals surface area contributed by atoms with E-state index in [-0.39, 0.29) is 30.3 Å². The second-order valence-corrected chi connectivity index (χ2v) is 15.3. The van der Waals surface area contributed by atoms with E-state index in [0.29, 0.717) is 22.0 Å². The Morgan fingerprint density at radius 2 is 1.40 bits per heavy atom. The van der Waals surface area contributed by atoms with Gasteiger partial charge in [-0.15, -0.1) is 23.7 Å². The highest BCUT2D eigenvalue weighted by Crippen LogP contribution is 2.43. The highest BCUT2D eigenvalue weighted by atomic mass is 35.5. The fraction of sp³-hybridized carbons (Fsp3) is 0.500. The average molecular weight is 681 g/mol. The van der Waals surface area contributed by atoms with Gasteiger partial charge in [-0.3, -0.25) is 9.59 Å². The first kappa shape index (κ1) is 36.6. The number of anilines is 1. The summed E-state index contributed by atoms with van der Waals surface area (Å²) in [5.74, 6) is -2.17. The Morgan fingerprint density at radius 1 is 0.830 bits per heavy atom. The number of ether oxygens (including phenoxy) is 2. The standard InChI is InChI=1S/C38H48N2O5S.ClH/c1-26-17-19-28(20-18-26)34(41)40(30-21-23-39(6)24-22-30)31-25-32(27-13-9-7-10-14-27)46-33(31)35(42)44-38(5,29-15-11-8-12-16-29)45-36(43)37(2,3)4;/h7-16,25-26,28,30H,17-24H2,1-6H3;1H. The van der Waals surface area contributed by atoms with Gasteiger partial charge in [-0.25, -0.2) is 4.79 Å². The van der Waals surface area contributed by atoms with E-state index in [2.05, 4.69) is 18.9 Å². The van der Waals surface area contributed by atoms with Gasteiger partial charge in [-0.05, 0) is 97.0 Å². The molecule has 1 aromatic heterocycles. The number of carbonyl (C=O) groups is 3. The van der Waals surface area contributed by atoms with E-state index in [9.17, 15) is 14.4 Å². The molecule has 1 aliphatic carbocycles. The summed E-state index contributed by atoms with van der Waals surface area (Å²) in [5, 5.41) is 0. The van der Waals surface area contributed by atoms with Crippen molar-refractivity contribution in [1.29, 1.82) is 0 Å². The number of piperidine rings is 1. The smallest absolute Gasteiger partial charge is 0.354 e. The molecule has 0 spiro atoms. The van der Waals surface area contributed by atoms with Gasteiger partial charge in [0.25, 0.3) is 5.79 Å². The molecular formula is C38H49ClN2O5S. The molecule has 0 bridgehead atoms. The van der Waals surface area contributed by atoms with Gasteiger partial charge >= 0.3 is 11.9 Å². The fourth-order valence-electron chi connectivity index (χ4n) is 6.34. The molecule has 5 rings (SSSR count). The molecule has 9 heteroatoms. The predicted molar refractivity (Wildman–Crippen MR) is 191 cm³/mol. The van der Waals surface area contributed by atoms with E-state index in [1.54, 1.807) is 39.8 Å². The van der Waals surface area contributed by atoms with Crippen LogP contribution in [-0.2, 0) is 24.8 Å². The lowest BCUT2D eigenvalue weighted by molar-refractivity contribution is -0.215. The molecule has 1 unspecified atom stereocenters. The molecule has 1 amide bonds. The molecule has 3 aromatic rings. The average Bonchev–Trinajstić information content (AvgIpc) is 3.48. The first-order valence-electron chi connectivity index (χ1n) is 16.6. The number of hydrogen-bond donors (Lipinski definition) is 0. The van der Waals surface area contributed by atoms with Crippen LogP contribution in [0.3, 0.4) is 0 Å². The van der Waals surface area contributed by atoms with Gasteiger partial charge in [0.05, 0.1) is 11.1 Å². The van der Waals surface area contributed by atoms with Gasteiger partial charge in [0, 0.05) is 29.3 Å². The molecule has 0 radical (unpaired) electrons. The third kappa shape index (κ3) is 8.64. The Balaban J connectivity index is 0.00000500. The lowest BCUT2D eigenvalue weighted by atomic mass is 9.82. The molecule has 2 aromatic carbocycles.